The third-order valence-corrected chi connectivity index (χ3v) is 3.57. The molecule has 0 aliphatic carbocycles. The van der Waals surface area contributed by atoms with Crippen LogP contribution in [0.2, 0.25) is 0 Å². The van der Waals surface area contributed by atoms with E-state index in [1.165, 1.54) is 0 Å². The smallest absolute Gasteiger partial charge is 0.410 e. The predicted molar refractivity (Wildman–Crippen MR) is 71.4 cm³/mol. The number of hydrogen-bond donors (Lipinski definition) is 1. The Bertz CT molecular complexity index is 273. The zero-order chi connectivity index (χ0) is 13.8. The van der Waals surface area contributed by atoms with Crippen LogP contribution in [0.25, 0.3) is 0 Å². The minimum Gasteiger partial charge on any atom is -0.444 e. The van der Waals surface area contributed by atoms with Crippen molar-refractivity contribution in [1.29, 1.82) is 0 Å². The zero-order valence-electron chi connectivity index (χ0n) is 12.1. The van der Waals surface area contributed by atoms with Gasteiger partial charge in [0.05, 0.1) is 0 Å². The molecule has 18 heavy (non-hydrogen) atoms. The standard InChI is InChI=1S/C14H27NO3/c1-5-11-6-8-15(10-12(11)7-9-16)13(17)18-14(2,3)4/h11-12,16H,5-10H2,1-4H3. The molecular formula is C14H27NO3. The molecule has 0 spiro atoms. The highest BCUT2D eigenvalue weighted by molar-refractivity contribution is 5.68. The molecular weight excluding hydrogens is 230 g/mol. The first-order valence-corrected chi connectivity index (χ1v) is 6.96. The first kappa shape index (κ1) is 15.3. The number of piperidine rings is 1. The van der Waals surface area contributed by atoms with E-state index in [4.69, 9.17) is 9.84 Å². The van der Waals surface area contributed by atoms with Crippen LogP contribution < -0.4 is 0 Å². The summed E-state index contributed by atoms with van der Waals surface area (Å²) in [4.78, 5) is 13.8. The summed E-state index contributed by atoms with van der Waals surface area (Å²) in [6.45, 7) is 9.52. The molecule has 4 nitrogen and oxygen atoms in total. The Hall–Kier alpha value is -0.770. The van der Waals surface area contributed by atoms with Crippen molar-refractivity contribution >= 4 is 6.09 Å². The Morgan fingerprint density at radius 3 is 2.56 bits per heavy atom. The molecule has 106 valence electrons. The maximum absolute atomic E-state index is 12.0. The molecule has 4 heteroatoms. The van der Waals surface area contributed by atoms with Gasteiger partial charge in [0.25, 0.3) is 0 Å². The van der Waals surface area contributed by atoms with E-state index in [1.54, 1.807) is 4.90 Å². The van der Waals surface area contributed by atoms with E-state index in [9.17, 15) is 4.79 Å². The number of nitrogens with zero attached hydrogens (tertiary/aromatic N) is 1. The number of rotatable bonds is 3. The summed E-state index contributed by atoms with van der Waals surface area (Å²) in [5.41, 5.74) is -0.439. The minimum atomic E-state index is -0.439. The van der Waals surface area contributed by atoms with Gasteiger partial charge in [-0.3, -0.25) is 0 Å². The highest BCUT2D eigenvalue weighted by Crippen LogP contribution is 2.29. The van der Waals surface area contributed by atoms with Crippen molar-refractivity contribution in [3.63, 3.8) is 0 Å². The van der Waals surface area contributed by atoms with Gasteiger partial charge in [-0.2, -0.15) is 0 Å². The van der Waals surface area contributed by atoms with Crippen LogP contribution >= 0.6 is 0 Å². The van der Waals surface area contributed by atoms with Crippen molar-refractivity contribution in [3.05, 3.63) is 0 Å². The number of carbonyl (C=O) groups is 1. The zero-order valence-corrected chi connectivity index (χ0v) is 12.1. The van der Waals surface area contributed by atoms with Crippen LogP contribution in [0.4, 0.5) is 4.79 Å². The number of aliphatic hydroxyl groups excluding tert-OH is 1. The molecule has 2 atom stereocenters. The Balaban J connectivity index is 2.56. The summed E-state index contributed by atoms with van der Waals surface area (Å²) in [7, 11) is 0. The molecule has 1 heterocycles. The lowest BCUT2D eigenvalue weighted by molar-refractivity contribution is 0.00751. The molecule has 1 saturated heterocycles. The monoisotopic (exact) mass is 257 g/mol. The second-order valence-corrected chi connectivity index (χ2v) is 6.16. The number of aliphatic hydroxyl groups is 1. The fourth-order valence-corrected chi connectivity index (χ4v) is 2.60. The molecule has 2 unspecified atom stereocenters. The lowest BCUT2D eigenvalue weighted by atomic mass is 9.82. The van der Waals surface area contributed by atoms with E-state index in [0.717, 1.165) is 25.8 Å². The average molecular weight is 257 g/mol. The van der Waals surface area contributed by atoms with E-state index in [1.807, 2.05) is 20.8 Å². The van der Waals surface area contributed by atoms with Gasteiger partial charge in [0.2, 0.25) is 0 Å². The minimum absolute atomic E-state index is 0.198. The SMILES string of the molecule is CCC1CCN(C(=O)OC(C)(C)C)CC1CCO. The third-order valence-electron chi connectivity index (χ3n) is 3.57. The summed E-state index contributed by atoms with van der Waals surface area (Å²) in [5.74, 6) is 1.03. The van der Waals surface area contributed by atoms with Crippen molar-refractivity contribution in [2.45, 2.75) is 52.6 Å². The third kappa shape index (κ3) is 4.48. The topological polar surface area (TPSA) is 49.8 Å². The molecule has 0 aromatic carbocycles. The molecule has 0 bridgehead atoms. The van der Waals surface area contributed by atoms with Gasteiger partial charge in [-0.05, 0) is 45.4 Å². The van der Waals surface area contributed by atoms with Crippen LogP contribution in [-0.2, 0) is 4.74 Å². The quantitative estimate of drug-likeness (QED) is 0.845. The van der Waals surface area contributed by atoms with E-state index in [-0.39, 0.29) is 12.7 Å². The highest BCUT2D eigenvalue weighted by atomic mass is 16.6. The molecule has 0 aromatic heterocycles. The molecule has 1 N–H and O–H groups in total. The lowest BCUT2D eigenvalue weighted by Gasteiger charge is -2.38. The van der Waals surface area contributed by atoms with Crippen LogP contribution in [0, 0.1) is 11.8 Å². The molecule has 1 aliphatic heterocycles. The second-order valence-electron chi connectivity index (χ2n) is 6.16. The number of amides is 1. The van der Waals surface area contributed by atoms with Crippen molar-refractivity contribution in [1.82, 2.24) is 4.90 Å². The average Bonchev–Trinajstić information content (AvgIpc) is 2.27. The Morgan fingerprint density at radius 1 is 1.39 bits per heavy atom. The van der Waals surface area contributed by atoms with Crippen molar-refractivity contribution in [2.24, 2.45) is 11.8 Å². The molecule has 1 fully saturated rings. The maximum atomic E-state index is 12.0. The van der Waals surface area contributed by atoms with Gasteiger partial charge >= 0.3 is 6.09 Å². The van der Waals surface area contributed by atoms with Crippen molar-refractivity contribution < 1.29 is 14.6 Å². The van der Waals surface area contributed by atoms with E-state index in [2.05, 4.69) is 6.92 Å². The highest BCUT2D eigenvalue weighted by Gasteiger charge is 2.32. The van der Waals surface area contributed by atoms with Gasteiger partial charge in [0.15, 0.2) is 0 Å². The fraction of sp³-hybridized carbons (Fsp3) is 0.929. The molecule has 1 aliphatic rings. The van der Waals surface area contributed by atoms with Crippen LogP contribution in [0.5, 0.6) is 0 Å². The molecule has 1 rings (SSSR count). The fourth-order valence-electron chi connectivity index (χ4n) is 2.60. The van der Waals surface area contributed by atoms with Crippen molar-refractivity contribution in [3.8, 4) is 0 Å². The van der Waals surface area contributed by atoms with Gasteiger partial charge in [-0.1, -0.05) is 13.3 Å². The summed E-state index contributed by atoms with van der Waals surface area (Å²) in [6, 6.07) is 0. The Morgan fingerprint density at radius 2 is 2.06 bits per heavy atom. The van der Waals surface area contributed by atoms with E-state index in [0.29, 0.717) is 18.4 Å². The van der Waals surface area contributed by atoms with Gasteiger partial charge in [-0.15, -0.1) is 0 Å². The summed E-state index contributed by atoms with van der Waals surface area (Å²) >= 11 is 0. The maximum Gasteiger partial charge on any atom is 0.410 e. The van der Waals surface area contributed by atoms with Crippen LogP contribution in [0.1, 0.15) is 47.0 Å². The number of likely N-dealkylation sites (tertiary alicyclic amines) is 1. The Kier molecular flexibility index (Phi) is 5.45. The van der Waals surface area contributed by atoms with Crippen LogP contribution in [0.3, 0.4) is 0 Å². The van der Waals surface area contributed by atoms with Crippen LogP contribution in [0.15, 0.2) is 0 Å². The number of carbonyl (C=O) groups excluding carboxylic acids is 1. The predicted octanol–water partition coefficient (Wildman–Crippen LogP) is 2.65. The molecule has 0 radical (unpaired) electrons. The summed E-state index contributed by atoms with van der Waals surface area (Å²) in [6.07, 6.45) is 2.69. The second kappa shape index (κ2) is 6.41. The van der Waals surface area contributed by atoms with Gasteiger partial charge in [0.1, 0.15) is 5.60 Å². The first-order chi connectivity index (χ1) is 8.37. The van der Waals surface area contributed by atoms with Crippen LogP contribution in [-0.4, -0.2) is 41.4 Å². The van der Waals surface area contributed by atoms with Gasteiger partial charge in [-0.25, -0.2) is 4.79 Å². The van der Waals surface area contributed by atoms with E-state index >= 15 is 0 Å². The first-order valence-electron chi connectivity index (χ1n) is 6.96. The number of hydrogen-bond acceptors (Lipinski definition) is 3. The summed E-state index contributed by atoms with van der Waals surface area (Å²) < 4.78 is 5.40. The van der Waals surface area contributed by atoms with E-state index < -0.39 is 5.60 Å². The number of ether oxygens (including phenoxy) is 1. The van der Waals surface area contributed by atoms with Gasteiger partial charge in [0, 0.05) is 19.7 Å². The summed E-state index contributed by atoms with van der Waals surface area (Å²) in [5, 5.41) is 9.11. The lowest BCUT2D eigenvalue weighted by Crippen LogP contribution is -2.46. The molecule has 0 saturated carbocycles. The normalized spacial score (nSPS) is 25.1. The largest absolute Gasteiger partial charge is 0.444 e. The molecule has 1 amide bonds. The Labute approximate surface area is 110 Å². The van der Waals surface area contributed by atoms with Crippen molar-refractivity contribution in [2.75, 3.05) is 19.7 Å². The van der Waals surface area contributed by atoms with Gasteiger partial charge < -0.3 is 14.7 Å². The molecule has 0 aromatic rings.